The minimum atomic E-state index is 0.195. The minimum Gasteiger partial charge on any atom is -0.380 e. The van der Waals surface area contributed by atoms with Crippen molar-refractivity contribution in [2.75, 3.05) is 19.4 Å². The second-order valence-corrected chi connectivity index (χ2v) is 5.85. The molecular weight excluding hydrogens is 231 g/mol. The Labute approximate surface area is 106 Å². The Kier molecular flexibility index (Phi) is 4.55. The molecule has 0 aliphatic carbocycles. The lowest BCUT2D eigenvalue weighted by Gasteiger charge is -2.46. The average molecular weight is 252 g/mol. The molecule has 2 unspecified atom stereocenters. The lowest BCUT2D eigenvalue weighted by atomic mass is 9.75. The van der Waals surface area contributed by atoms with Crippen molar-refractivity contribution in [2.45, 2.75) is 26.4 Å². The van der Waals surface area contributed by atoms with Crippen molar-refractivity contribution in [1.82, 2.24) is 0 Å². The monoisotopic (exact) mass is 252 g/mol. The van der Waals surface area contributed by atoms with Gasteiger partial charge in [-0.1, -0.05) is 44.2 Å². The third-order valence-electron chi connectivity index (χ3n) is 3.49. The Hall–Kier alpha value is -0.430. The molecular formula is C14H21O2P. The third-order valence-corrected chi connectivity index (χ3v) is 4.18. The lowest BCUT2D eigenvalue weighted by Crippen LogP contribution is -2.47. The quantitative estimate of drug-likeness (QED) is 0.717. The predicted molar refractivity (Wildman–Crippen MR) is 72.7 cm³/mol. The van der Waals surface area contributed by atoms with E-state index in [2.05, 4.69) is 44.2 Å². The van der Waals surface area contributed by atoms with E-state index in [-0.39, 0.29) is 11.5 Å². The van der Waals surface area contributed by atoms with Crippen molar-refractivity contribution in [2.24, 2.45) is 5.41 Å². The average Bonchev–Trinajstić information content (AvgIpc) is 2.33. The van der Waals surface area contributed by atoms with E-state index in [4.69, 9.17) is 9.26 Å². The van der Waals surface area contributed by atoms with Gasteiger partial charge in [-0.2, -0.15) is 0 Å². The van der Waals surface area contributed by atoms with Crippen molar-refractivity contribution in [3.8, 4) is 0 Å². The number of hydrogen-bond acceptors (Lipinski definition) is 2. The molecule has 1 aliphatic heterocycles. The molecule has 1 heterocycles. The highest BCUT2D eigenvalue weighted by atomic mass is 31.1. The number of ether oxygens (including phenoxy) is 1. The maximum absolute atomic E-state index is 6.12. The molecule has 0 aromatic heterocycles. The van der Waals surface area contributed by atoms with E-state index in [1.807, 2.05) is 0 Å². The van der Waals surface area contributed by atoms with Crippen molar-refractivity contribution < 1.29 is 9.26 Å². The fourth-order valence-corrected chi connectivity index (χ4v) is 2.97. The lowest BCUT2D eigenvalue weighted by molar-refractivity contribution is -0.165. The van der Waals surface area contributed by atoms with Crippen LogP contribution in [0.2, 0.25) is 0 Å². The highest BCUT2D eigenvalue weighted by Gasteiger charge is 2.45. The molecule has 1 fully saturated rings. The zero-order valence-corrected chi connectivity index (χ0v) is 11.6. The molecule has 0 spiro atoms. The van der Waals surface area contributed by atoms with Gasteiger partial charge in [-0.3, -0.25) is 0 Å². The van der Waals surface area contributed by atoms with Gasteiger partial charge in [0.15, 0.2) is 0 Å². The summed E-state index contributed by atoms with van der Waals surface area (Å²) in [4.78, 5) is 0. The summed E-state index contributed by atoms with van der Waals surface area (Å²) < 4.78 is 11.6. The zero-order valence-electron chi connectivity index (χ0n) is 10.6. The molecule has 2 nitrogen and oxygen atoms in total. The Morgan fingerprint density at radius 3 is 2.47 bits per heavy atom. The van der Waals surface area contributed by atoms with E-state index in [0.29, 0.717) is 8.81 Å². The molecule has 1 aliphatic rings. The molecule has 17 heavy (non-hydrogen) atoms. The summed E-state index contributed by atoms with van der Waals surface area (Å²) in [5.74, 6) is 0. The summed E-state index contributed by atoms with van der Waals surface area (Å²) in [7, 11) is 0.579. The van der Waals surface area contributed by atoms with Crippen LogP contribution >= 0.6 is 8.81 Å². The summed E-state index contributed by atoms with van der Waals surface area (Å²) in [6.45, 7) is 6.06. The van der Waals surface area contributed by atoms with Crippen molar-refractivity contribution >= 4 is 8.81 Å². The first-order valence-electron chi connectivity index (χ1n) is 6.33. The Morgan fingerprint density at radius 2 is 2.00 bits per heavy atom. The second-order valence-electron chi connectivity index (χ2n) is 4.62. The predicted octanol–water partition coefficient (Wildman–Crippen LogP) is 3.78. The summed E-state index contributed by atoms with van der Waals surface area (Å²) in [5.41, 5.74) is 1.49. The van der Waals surface area contributed by atoms with Crippen LogP contribution in [-0.2, 0) is 9.26 Å². The van der Waals surface area contributed by atoms with Gasteiger partial charge in [0, 0.05) is 14.2 Å². The van der Waals surface area contributed by atoms with Crippen LogP contribution in [0, 0.1) is 5.41 Å². The van der Waals surface area contributed by atoms with Crippen LogP contribution in [0.5, 0.6) is 0 Å². The number of benzene rings is 1. The molecule has 3 heteroatoms. The van der Waals surface area contributed by atoms with Crippen LogP contribution in [0.25, 0.3) is 0 Å². The largest absolute Gasteiger partial charge is 0.380 e. The number of hydrogen-bond donors (Lipinski definition) is 0. The van der Waals surface area contributed by atoms with Gasteiger partial charge in [-0.25, -0.2) is 0 Å². The fraction of sp³-hybridized carbons (Fsp3) is 0.571. The van der Waals surface area contributed by atoms with Crippen LogP contribution in [-0.4, -0.2) is 19.4 Å². The molecule has 0 N–H and O–H groups in total. The highest BCUT2D eigenvalue weighted by Crippen LogP contribution is 2.48. The van der Waals surface area contributed by atoms with Gasteiger partial charge in [0.2, 0.25) is 0 Å². The van der Waals surface area contributed by atoms with Crippen molar-refractivity contribution in [3.63, 3.8) is 0 Å². The van der Waals surface area contributed by atoms with Gasteiger partial charge in [0.05, 0.1) is 19.3 Å². The molecule has 0 radical (unpaired) electrons. The molecule has 0 saturated carbocycles. The maximum Gasteiger partial charge on any atom is 0.0964 e. The van der Waals surface area contributed by atoms with Crippen LogP contribution < -0.4 is 0 Å². The van der Waals surface area contributed by atoms with Gasteiger partial charge in [-0.05, 0) is 18.1 Å². The number of rotatable bonds is 6. The summed E-state index contributed by atoms with van der Waals surface area (Å²) in [5, 5.41) is 0. The molecule has 1 aromatic carbocycles. The third kappa shape index (κ3) is 2.70. The SMILES string of the molecule is CCPOC(c1ccccc1)C1(CC)COC1. The van der Waals surface area contributed by atoms with Gasteiger partial charge >= 0.3 is 0 Å². The van der Waals surface area contributed by atoms with E-state index in [1.54, 1.807) is 0 Å². The maximum atomic E-state index is 6.12. The summed E-state index contributed by atoms with van der Waals surface area (Å²) in [6.07, 6.45) is 2.39. The van der Waals surface area contributed by atoms with Gasteiger partial charge in [0.25, 0.3) is 0 Å². The van der Waals surface area contributed by atoms with Gasteiger partial charge in [-0.15, -0.1) is 0 Å². The van der Waals surface area contributed by atoms with E-state index in [0.717, 1.165) is 25.8 Å². The van der Waals surface area contributed by atoms with Crippen LogP contribution in [0.3, 0.4) is 0 Å². The van der Waals surface area contributed by atoms with Crippen LogP contribution in [0.4, 0.5) is 0 Å². The van der Waals surface area contributed by atoms with Crippen molar-refractivity contribution in [3.05, 3.63) is 35.9 Å². The van der Waals surface area contributed by atoms with Crippen LogP contribution in [0.15, 0.2) is 30.3 Å². The minimum absolute atomic E-state index is 0.195. The molecule has 94 valence electrons. The van der Waals surface area contributed by atoms with Crippen LogP contribution in [0.1, 0.15) is 31.9 Å². The normalized spacial score (nSPS) is 20.4. The first-order chi connectivity index (χ1) is 8.32. The molecule has 0 amide bonds. The van der Waals surface area contributed by atoms with E-state index in [1.165, 1.54) is 5.56 Å². The smallest absolute Gasteiger partial charge is 0.0964 e. The van der Waals surface area contributed by atoms with Gasteiger partial charge < -0.3 is 9.26 Å². The molecule has 1 aromatic rings. The van der Waals surface area contributed by atoms with Gasteiger partial charge in [0.1, 0.15) is 0 Å². The van der Waals surface area contributed by atoms with E-state index >= 15 is 0 Å². The molecule has 2 rings (SSSR count). The Bertz CT molecular complexity index is 330. The molecule has 2 atom stereocenters. The highest BCUT2D eigenvalue weighted by molar-refractivity contribution is 7.32. The van der Waals surface area contributed by atoms with Crippen molar-refractivity contribution in [1.29, 1.82) is 0 Å². The standard InChI is InChI=1S/C14H21O2P/c1-3-14(10-15-11-14)13(16-17-4-2)12-8-6-5-7-9-12/h5-9,13,17H,3-4,10-11H2,1-2H3. The first-order valence-corrected chi connectivity index (χ1v) is 7.45. The molecule has 0 bridgehead atoms. The Balaban J connectivity index is 2.19. The van der Waals surface area contributed by atoms with E-state index < -0.39 is 0 Å². The fourth-order valence-electron chi connectivity index (χ4n) is 2.25. The summed E-state index contributed by atoms with van der Waals surface area (Å²) in [6, 6.07) is 10.6. The Morgan fingerprint density at radius 1 is 1.29 bits per heavy atom. The summed E-state index contributed by atoms with van der Waals surface area (Å²) >= 11 is 0. The first kappa shape index (κ1) is 13.0. The second kappa shape index (κ2) is 5.95. The molecule has 1 saturated heterocycles. The zero-order chi connectivity index (χ0) is 12.1. The van der Waals surface area contributed by atoms with E-state index in [9.17, 15) is 0 Å². The topological polar surface area (TPSA) is 18.5 Å².